The predicted molar refractivity (Wildman–Crippen MR) is 146 cm³/mol. The summed E-state index contributed by atoms with van der Waals surface area (Å²) in [6, 6.07) is 3.97. The molecule has 0 bridgehead atoms. The molecular weight excluding hydrogens is 462 g/mol. The minimum atomic E-state index is 0.553. The number of aromatic nitrogens is 8. The maximum absolute atomic E-state index is 4.97. The highest BCUT2D eigenvalue weighted by Gasteiger charge is 2.24. The van der Waals surface area contributed by atoms with Crippen LogP contribution in [0.25, 0.3) is 44.8 Å². The molecular formula is C28H27N9. The van der Waals surface area contributed by atoms with Crippen molar-refractivity contribution in [1.29, 1.82) is 0 Å². The number of H-pyrrole nitrogens is 2. The Morgan fingerprint density at radius 1 is 1.16 bits per heavy atom. The van der Waals surface area contributed by atoms with Crippen molar-refractivity contribution in [2.75, 3.05) is 0 Å². The highest BCUT2D eigenvalue weighted by atomic mass is 15.2. The third kappa shape index (κ3) is 4.24. The number of aromatic amines is 2. The van der Waals surface area contributed by atoms with Crippen molar-refractivity contribution in [3.63, 3.8) is 0 Å². The Bertz CT molecular complexity index is 1720. The number of fused-ring (bicyclic) bond motifs is 2. The van der Waals surface area contributed by atoms with E-state index in [1.165, 1.54) is 12.8 Å². The summed E-state index contributed by atoms with van der Waals surface area (Å²) in [6.45, 7) is 12.1. The van der Waals surface area contributed by atoms with Crippen molar-refractivity contribution in [2.45, 2.75) is 26.7 Å². The highest BCUT2D eigenvalue weighted by Crippen LogP contribution is 2.35. The smallest absolute Gasteiger partial charge is 0.161 e. The number of pyridine rings is 2. The molecule has 0 saturated heterocycles. The number of hydrogen-bond donors (Lipinski definition) is 3. The molecule has 1 aliphatic carbocycles. The Morgan fingerprint density at radius 3 is 2.76 bits per heavy atom. The molecule has 0 atom stereocenters. The lowest BCUT2D eigenvalue weighted by molar-refractivity contribution is 0.865. The molecule has 37 heavy (non-hydrogen) atoms. The fourth-order valence-electron chi connectivity index (χ4n) is 4.34. The summed E-state index contributed by atoms with van der Waals surface area (Å²) in [6.07, 6.45) is 15.5. The van der Waals surface area contributed by atoms with Crippen LogP contribution in [0, 0.1) is 12.8 Å². The van der Waals surface area contributed by atoms with Crippen LogP contribution in [0.5, 0.6) is 0 Å². The third-order valence-electron chi connectivity index (χ3n) is 6.51. The first kappa shape index (κ1) is 22.7. The van der Waals surface area contributed by atoms with Gasteiger partial charge in [-0.15, -0.1) is 0 Å². The average molecular weight is 490 g/mol. The molecule has 0 radical (unpaired) electrons. The van der Waals surface area contributed by atoms with Crippen LogP contribution in [0.15, 0.2) is 79.8 Å². The van der Waals surface area contributed by atoms with Crippen LogP contribution in [0.2, 0.25) is 0 Å². The largest absolute Gasteiger partial charge is 0.359 e. The van der Waals surface area contributed by atoms with E-state index in [0.29, 0.717) is 17.4 Å². The third-order valence-corrected chi connectivity index (χ3v) is 6.51. The summed E-state index contributed by atoms with van der Waals surface area (Å²) in [4.78, 5) is 21.9. The number of aryl methyl sites for hydroxylation is 1. The van der Waals surface area contributed by atoms with Gasteiger partial charge in [-0.3, -0.25) is 10.1 Å². The quantitative estimate of drug-likeness (QED) is 0.252. The maximum atomic E-state index is 4.97. The summed E-state index contributed by atoms with van der Waals surface area (Å²) < 4.78 is 1.92. The van der Waals surface area contributed by atoms with E-state index in [2.05, 4.69) is 43.6 Å². The van der Waals surface area contributed by atoms with Crippen molar-refractivity contribution in [3.05, 3.63) is 91.2 Å². The van der Waals surface area contributed by atoms with Crippen molar-refractivity contribution in [3.8, 4) is 17.2 Å². The van der Waals surface area contributed by atoms with Crippen LogP contribution in [0.3, 0.4) is 0 Å². The Kier molecular flexibility index (Phi) is 5.52. The van der Waals surface area contributed by atoms with Crippen molar-refractivity contribution in [1.82, 2.24) is 45.0 Å². The molecule has 1 aliphatic rings. The number of hydrogen-bond acceptors (Lipinski definition) is 6. The lowest BCUT2D eigenvalue weighted by Gasteiger charge is -2.11. The summed E-state index contributed by atoms with van der Waals surface area (Å²) in [5.41, 5.74) is 9.26. The molecule has 6 rings (SSSR count). The van der Waals surface area contributed by atoms with Gasteiger partial charge < -0.3 is 14.9 Å². The standard InChI is InChI=1S/C28H27N9/c1-5-18(11-20(6-2)31-17(4)19-7-8-19)21-9-10-22-26(32-21)27(36-35-22)28-33-23-12-29-13-24(25(23)34-28)37-14-16(3)30-15-37/h5-6,9-15,19,31H,2,4,7-8H2,1,3H3,(H,33,34)(H,35,36)/b18-5+,20-11+. The van der Waals surface area contributed by atoms with E-state index in [-0.39, 0.29) is 0 Å². The number of allylic oxidation sites excluding steroid dienone is 5. The van der Waals surface area contributed by atoms with Gasteiger partial charge in [0.2, 0.25) is 0 Å². The minimum absolute atomic E-state index is 0.553. The first-order chi connectivity index (χ1) is 18.0. The number of imidazole rings is 2. The van der Waals surface area contributed by atoms with E-state index in [1.54, 1.807) is 24.8 Å². The zero-order valence-corrected chi connectivity index (χ0v) is 20.8. The molecule has 0 spiro atoms. The second-order valence-corrected chi connectivity index (χ2v) is 9.20. The molecule has 5 heterocycles. The van der Waals surface area contributed by atoms with Crippen LogP contribution in [-0.2, 0) is 0 Å². The fourth-order valence-corrected chi connectivity index (χ4v) is 4.34. The second-order valence-electron chi connectivity index (χ2n) is 9.20. The van der Waals surface area contributed by atoms with Crippen LogP contribution in [0.1, 0.15) is 31.2 Å². The van der Waals surface area contributed by atoms with Crippen LogP contribution < -0.4 is 5.32 Å². The zero-order chi connectivity index (χ0) is 25.5. The lowest BCUT2D eigenvalue weighted by atomic mass is 10.1. The van der Waals surface area contributed by atoms with Gasteiger partial charge in [0.1, 0.15) is 11.0 Å². The van der Waals surface area contributed by atoms with E-state index >= 15 is 0 Å². The predicted octanol–water partition coefficient (Wildman–Crippen LogP) is 5.38. The van der Waals surface area contributed by atoms with Gasteiger partial charge in [0.25, 0.3) is 0 Å². The molecule has 1 saturated carbocycles. The summed E-state index contributed by atoms with van der Waals surface area (Å²) in [7, 11) is 0. The SMILES string of the molecule is C=C/C(=C\C(=C/C)c1ccc2[nH]nc(-c3nc4c(-n5cnc(C)c5)cncc4[nH]3)c2n1)NC(=C)C1CC1. The monoisotopic (exact) mass is 489 g/mol. The molecule has 184 valence electrons. The fraction of sp³-hybridized carbons (Fsp3) is 0.179. The molecule has 5 aromatic heterocycles. The van der Waals surface area contributed by atoms with Gasteiger partial charge in [-0.05, 0) is 62.5 Å². The molecule has 0 amide bonds. The highest BCUT2D eigenvalue weighted by molar-refractivity contribution is 5.93. The Morgan fingerprint density at radius 2 is 2.03 bits per heavy atom. The lowest BCUT2D eigenvalue weighted by Crippen LogP contribution is -2.11. The number of nitrogens with zero attached hydrogens (tertiary/aromatic N) is 6. The maximum Gasteiger partial charge on any atom is 0.161 e. The molecule has 1 fully saturated rings. The van der Waals surface area contributed by atoms with Gasteiger partial charge >= 0.3 is 0 Å². The van der Waals surface area contributed by atoms with E-state index in [4.69, 9.17) is 9.97 Å². The molecule has 9 heteroatoms. The van der Waals surface area contributed by atoms with Gasteiger partial charge in [0, 0.05) is 17.6 Å². The topological polar surface area (TPSA) is 113 Å². The Hall–Kier alpha value is -4.79. The summed E-state index contributed by atoms with van der Waals surface area (Å²) in [5, 5.41) is 11.0. The summed E-state index contributed by atoms with van der Waals surface area (Å²) in [5.74, 6) is 1.17. The zero-order valence-electron chi connectivity index (χ0n) is 20.8. The first-order valence-corrected chi connectivity index (χ1v) is 12.2. The number of rotatable bonds is 8. The minimum Gasteiger partial charge on any atom is -0.359 e. The first-order valence-electron chi connectivity index (χ1n) is 12.2. The van der Waals surface area contributed by atoms with Gasteiger partial charge in [-0.2, -0.15) is 5.10 Å². The average Bonchev–Trinajstić information content (AvgIpc) is 3.32. The normalized spacial score (nSPS) is 14.4. The van der Waals surface area contributed by atoms with E-state index < -0.39 is 0 Å². The molecule has 0 aromatic carbocycles. The van der Waals surface area contributed by atoms with Crippen molar-refractivity contribution < 1.29 is 0 Å². The van der Waals surface area contributed by atoms with E-state index in [9.17, 15) is 0 Å². The van der Waals surface area contributed by atoms with Crippen LogP contribution >= 0.6 is 0 Å². The van der Waals surface area contributed by atoms with Gasteiger partial charge in [-0.1, -0.05) is 19.2 Å². The Balaban J connectivity index is 1.39. The van der Waals surface area contributed by atoms with E-state index in [1.807, 2.05) is 48.9 Å². The number of nitrogens with one attached hydrogen (secondary N) is 3. The van der Waals surface area contributed by atoms with Gasteiger partial charge in [0.05, 0.1) is 46.8 Å². The second kappa shape index (κ2) is 9.02. The van der Waals surface area contributed by atoms with Gasteiger partial charge in [0.15, 0.2) is 11.5 Å². The molecule has 0 unspecified atom stereocenters. The van der Waals surface area contributed by atoms with Crippen molar-refractivity contribution >= 4 is 27.6 Å². The molecule has 0 aliphatic heterocycles. The van der Waals surface area contributed by atoms with Gasteiger partial charge in [-0.25, -0.2) is 15.0 Å². The molecule has 9 nitrogen and oxygen atoms in total. The molecule has 5 aromatic rings. The van der Waals surface area contributed by atoms with E-state index in [0.717, 1.165) is 56.1 Å². The van der Waals surface area contributed by atoms with Crippen molar-refractivity contribution in [2.24, 2.45) is 5.92 Å². The molecule has 3 N–H and O–H groups in total. The van der Waals surface area contributed by atoms with Crippen LogP contribution in [0.4, 0.5) is 0 Å². The van der Waals surface area contributed by atoms with Crippen LogP contribution in [-0.4, -0.2) is 39.7 Å². The summed E-state index contributed by atoms with van der Waals surface area (Å²) >= 11 is 0. The Labute approximate surface area is 213 Å².